The second kappa shape index (κ2) is 14.4. The van der Waals surface area contributed by atoms with E-state index >= 15 is 0 Å². The van der Waals surface area contributed by atoms with Crippen LogP contribution in [0.5, 0.6) is 0 Å². The molecule has 1 amide bonds. The van der Waals surface area contributed by atoms with E-state index in [4.69, 9.17) is 9.47 Å². The second-order valence-corrected chi connectivity index (χ2v) is 9.83. The Bertz CT molecular complexity index is 482. The predicted molar refractivity (Wildman–Crippen MR) is 111 cm³/mol. The number of carbonyl (C=O) groups excluding carboxylic acids is 2. The topological polar surface area (TPSA) is 64.6 Å². The summed E-state index contributed by atoms with van der Waals surface area (Å²) in [6.45, 7) is 12.9. The van der Waals surface area contributed by atoms with E-state index in [2.05, 4.69) is 17.2 Å². The number of Topliss-reactive ketones (excluding diaryl/α,β-unsaturated/α-hetero) is 1. The van der Waals surface area contributed by atoms with E-state index in [1.807, 2.05) is 41.5 Å². The van der Waals surface area contributed by atoms with E-state index in [0.717, 1.165) is 5.75 Å². The first-order valence-electron chi connectivity index (χ1n) is 8.94. The largest absolute Gasteiger partial charge is 0.369 e. The maximum absolute atomic E-state index is 11.6. The summed E-state index contributed by atoms with van der Waals surface area (Å²) in [5.74, 6) is 7.16. The van der Waals surface area contributed by atoms with Gasteiger partial charge in [0.25, 0.3) is 0 Å². The molecule has 0 aliphatic rings. The summed E-state index contributed by atoms with van der Waals surface area (Å²) in [7, 11) is 3.25. The Morgan fingerprint density at radius 3 is 2.46 bits per heavy atom. The van der Waals surface area contributed by atoms with Crippen LogP contribution in [0.1, 0.15) is 48.0 Å². The molecule has 0 unspecified atom stereocenters. The van der Waals surface area contributed by atoms with Crippen molar-refractivity contribution in [2.24, 2.45) is 11.8 Å². The molecule has 0 radical (unpaired) electrons. The fourth-order valence-electron chi connectivity index (χ4n) is 1.60. The summed E-state index contributed by atoms with van der Waals surface area (Å²) < 4.78 is 11.1. The molecular weight excluding hydrogens is 370 g/mol. The predicted octanol–water partition coefficient (Wildman–Crippen LogP) is 3.53. The maximum Gasteiger partial charge on any atom is 0.246 e. The lowest BCUT2D eigenvalue weighted by Gasteiger charge is -2.23. The van der Waals surface area contributed by atoms with Crippen LogP contribution >= 0.6 is 21.6 Å². The minimum absolute atomic E-state index is 0.00630. The molecule has 0 bridgehead atoms. The number of carbonyl (C=O) groups is 2. The standard InChI is InChI=1S/C19H33NO4S2/c1-15(2)8-7-10-20-18(22)14-23-11-12-24-19(5,6)26-25-13-9-17(21)16(3)4/h15-16H,9-14H2,1-6H3,(H,20,22). The van der Waals surface area contributed by atoms with Gasteiger partial charge in [0.05, 0.1) is 19.8 Å². The zero-order chi connectivity index (χ0) is 20.0. The SMILES string of the molecule is CC(C)C#CCNC(=O)COCCOC(C)(C)SSCCC(=O)C(C)C. The van der Waals surface area contributed by atoms with E-state index in [1.54, 1.807) is 21.6 Å². The average molecular weight is 404 g/mol. The van der Waals surface area contributed by atoms with Crippen LogP contribution < -0.4 is 5.32 Å². The highest BCUT2D eigenvalue weighted by Crippen LogP contribution is 2.36. The molecule has 1 N–H and O–H groups in total. The maximum atomic E-state index is 11.6. The Morgan fingerprint density at radius 2 is 1.85 bits per heavy atom. The molecule has 0 fully saturated rings. The highest BCUT2D eigenvalue weighted by atomic mass is 33.1. The fourth-order valence-corrected chi connectivity index (χ4v) is 3.88. The fraction of sp³-hybridized carbons (Fsp3) is 0.789. The first kappa shape index (κ1) is 25.3. The Balaban J connectivity index is 3.70. The molecule has 0 rings (SSSR count). The highest BCUT2D eigenvalue weighted by molar-refractivity contribution is 8.77. The number of ether oxygens (including phenoxy) is 2. The van der Waals surface area contributed by atoms with Crippen molar-refractivity contribution in [2.45, 2.75) is 52.9 Å². The molecular formula is C19H33NO4S2. The molecule has 5 nitrogen and oxygen atoms in total. The number of nitrogens with one attached hydrogen (secondary N) is 1. The van der Waals surface area contributed by atoms with Gasteiger partial charge in [0.15, 0.2) is 0 Å². The van der Waals surface area contributed by atoms with Crippen molar-refractivity contribution in [1.82, 2.24) is 5.32 Å². The van der Waals surface area contributed by atoms with E-state index in [0.29, 0.717) is 37.9 Å². The van der Waals surface area contributed by atoms with E-state index in [1.165, 1.54) is 0 Å². The smallest absolute Gasteiger partial charge is 0.246 e. The van der Waals surface area contributed by atoms with Crippen molar-refractivity contribution in [3.63, 3.8) is 0 Å². The van der Waals surface area contributed by atoms with Crippen LogP contribution in [0.3, 0.4) is 0 Å². The minimum atomic E-state index is -0.371. The van der Waals surface area contributed by atoms with Crippen LogP contribution in [0.25, 0.3) is 0 Å². The van der Waals surface area contributed by atoms with Gasteiger partial charge in [-0.25, -0.2) is 0 Å². The van der Waals surface area contributed by atoms with Crippen molar-refractivity contribution >= 4 is 33.3 Å². The van der Waals surface area contributed by atoms with Crippen LogP contribution in [-0.2, 0) is 19.1 Å². The van der Waals surface area contributed by atoms with Gasteiger partial charge in [-0.15, -0.1) is 0 Å². The third-order valence-corrected chi connectivity index (χ3v) is 6.08. The molecule has 26 heavy (non-hydrogen) atoms. The third-order valence-electron chi connectivity index (χ3n) is 3.01. The van der Waals surface area contributed by atoms with Crippen molar-refractivity contribution < 1.29 is 19.1 Å². The van der Waals surface area contributed by atoms with Crippen molar-refractivity contribution in [2.75, 3.05) is 32.1 Å². The Morgan fingerprint density at radius 1 is 1.15 bits per heavy atom. The molecule has 0 saturated carbocycles. The Labute approximate surface area is 166 Å². The molecule has 7 heteroatoms. The van der Waals surface area contributed by atoms with Crippen LogP contribution in [0.4, 0.5) is 0 Å². The van der Waals surface area contributed by atoms with Gasteiger partial charge < -0.3 is 14.8 Å². The molecule has 0 aromatic rings. The third kappa shape index (κ3) is 15.6. The molecule has 0 atom stereocenters. The number of amides is 1. The van der Waals surface area contributed by atoms with Gasteiger partial charge in [-0.05, 0) is 13.8 Å². The van der Waals surface area contributed by atoms with Gasteiger partial charge in [0, 0.05) is 24.0 Å². The number of hydrogen-bond donors (Lipinski definition) is 1. The zero-order valence-electron chi connectivity index (χ0n) is 16.8. The summed E-state index contributed by atoms with van der Waals surface area (Å²) >= 11 is 0. The molecule has 0 aromatic carbocycles. The molecule has 0 spiro atoms. The molecule has 0 aliphatic heterocycles. The molecule has 0 aliphatic carbocycles. The van der Waals surface area contributed by atoms with Crippen LogP contribution in [-0.4, -0.2) is 48.7 Å². The summed E-state index contributed by atoms with van der Waals surface area (Å²) in [5.41, 5.74) is 0. The van der Waals surface area contributed by atoms with Crippen molar-refractivity contribution in [3.8, 4) is 11.8 Å². The first-order valence-corrected chi connectivity index (χ1v) is 11.3. The lowest BCUT2D eigenvalue weighted by atomic mass is 10.1. The molecule has 150 valence electrons. The Kier molecular flexibility index (Phi) is 14.0. The van der Waals surface area contributed by atoms with Gasteiger partial charge >= 0.3 is 0 Å². The lowest BCUT2D eigenvalue weighted by Crippen LogP contribution is -2.29. The second-order valence-electron chi connectivity index (χ2n) is 6.83. The lowest BCUT2D eigenvalue weighted by molar-refractivity contribution is -0.126. The quantitative estimate of drug-likeness (QED) is 0.220. The van der Waals surface area contributed by atoms with Gasteiger partial charge in [-0.1, -0.05) is 61.1 Å². The number of ketones is 1. The average Bonchev–Trinajstić information content (AvgIpc) is 2.54. The van der Waals surface area contributed by atoms with E-state index in [9.17, 15) is 9.59 Å². The highest BCUT2D eigenvalue weighted by Gasteiger charge is 2.19. The van der Waals surface area contributed by atoms with Crippen LogP contribution in [0.15, 0.2) is 0 Å². The summed E-state index contributed by atoms with van der Waals surface area (Å²) in [5, 5.41) is 2.68. The molecule has 0 saturated heterocycles. The summed E-state index contributed by atoms with van der Waals surface area (Å²) in [4.78, 5) is 22.7. The summed E-state index contributed by atoms with van der Waals surface area (Å²) in [6, 6.07) is 0. The van der Waals surface area contributed by atoms with Gasteiger partial charge in [-0.3, -0.25) is 9.59 Å². The Hall–Kier alpha value is -0.680. The first-order chi connectivity index (χ1) is 12.1. The zero-order valence-corrected chi connectivity index (χ0v) is 18.5. The van der Waals surface area contributed by atoms with Gasteiger partial charge in [0.1, 0.15) is 17.3 Å². The minimum Gasteiger partial charge on any atom is -0.369 e. The number of rotatable bonds is 13. The van der Waals surface area contributed by atoms with E-state index < -0.39 is 0 Å². The van der Waals surface area contributed by atoms with Crippen molar-refractivity contribution in [1.29, 1.82) is 0 Å². The molecule has 0 heterocycles. The van der Waals surface area contributed by atoms with Crippen LogP contribution in [0.2, 0.25) is 0 Å². The van der Waals surface area contributed by atoms with Gasteiger partial charge in [-0.2, -0.15) is 0 Å². The molecule has 0 aromatic heterocycles. The normalized spacial score (nSPS) is 11.4. The van der Waals surface area contributed by atoms with Crippen LogP contribution in [0, 0.1) is 23.7 Å². The van der Waals surface area contributed by atoms with Gasteiger partial charge in [0.2, 0.25) is 5.91 Å². The van der Waals surface area contributed by atoms with Crippen molar-refractivity contribution in [3.05, 3.63) is 0 Å². The monoisotopic (exact) mass is 403 g/mol. The number of hydrogen-bond acceptors (Lipinski definition) is 6. The summed E-state index contributed by atoms with van der Waals surface area (Å²) in [6.07, 6.45) is 0.588. The van der Waals surface area contributed by atoms with E-state index in [-0.39, 0.29) is 23.4 Å².